The van der Waals surface area contributed by atoms with Gasteiger partial charge >= 0.3 is 0 Å². The van der Waals surface area contributed by atoms with E-state index < -0.39 is 10.0 Å². The van der Waals surface area contributed by atoms with E-state index in [1.54, 1.807) is 40.5 Å². The smallest absolute Gasteiger partial charge is 0.243 e. The van der Waals surface area contributed by atoms with Crippen LogP contribution in [0, 0.1) is 6.92 Å². The van der Waals surface area contributed by atoms with Gasteiger partial charge < -0.3 is 19.1 Å². The van der Waals surface area contributed by atoms with Crippen molar-refractivity contribution in [2.24, 2.45) is 0 Å². The van der Waals surface area contributed by atoms with Crippen molar-refractivity contribution in [1.82, 2.24) is 9.21 Å². The predicted octanol–water partition coefficient (Wildman–Crippen LogP) is 3.65. The van der Waals surface area contributed by atoms with Crippen LogP contribution in [0.5, 0.6) is 11.5 Å². The van der Waals surface area contributed by atoms with Gasteiger partial charge in [-0.15, -0.1) is 11.3 Å². The molecule has 1 aliphatic rings. The minimum atomic E-state index is -3.89. The van der Waals surface area contributed by atoms with Crippen molar-refractivity contribution < 1.29 is 27.4 Å². The summed E-state index contributed by atoms with van der Waals surface area (Å²) in [5, 5.41) is 1.95. The summed E-state index contributed by atoms with van der Waals surface area (Å²) in [7, 11) is -2.39. The first kappa shape index (κ1) is 25.2. The molecular weight excluding hydrogens is 488 g/mol. The summed E-state index contributed by atoms with van der Waals surface area (Å²) in [4.78, 5) is 16.4. The molecule has 0 aliphatic carbocycles. The second-order valence-electron chi connectivity index (χ2n) is 8.16. The lowest BCUT2D eigenvalue weighted by atomic mass is 10.2. The zero-order valence-electron chi connectivity index (χ0n) is 19.7. The summed E-state index contributed by atoms with van der Waals surface area (Å²) < 4.78 is 43.9. The number of methoxy groups -OCH3 is 1. The van der Waals surface area contributed by atoms with Crippen molar-refractivity contribution in [3.05, 3.63) is 76.0 Å². The molecule has 0 N–H and O–H groups in total. The lowest BCUT2D eigenvalue weighted by Gasteiger charge is -2.27. The number of carbonyl (C=O) groups excluding carboxylic acids is 1. The van der Waals surface area contributed by atoms with Crippen LogP contribution < -0.4 is 9.47 Å². The minimum Gasteiger partial charge on any atom is -0.454 e. The lowest BCUT2D eigenvalue weighted by Crippen LogP contribution is -2.43. The van der Waals surface area contributed by atoms with E-state index >= 15 is 0 Å². The number of nitrogens with zero attached hydrogens (tertiary/aromatic N) is 2. The quantitative estimate of drug-likeness (QED) is 0.387. The fourth-order valence-electron chi connectivity index (χ4n) is 3.67. The molecule has 8 nitrogen and oxygen atoms in total. The van der Waals surface area contributed by atoms with Gasteiger partial charge in [0.25, 0.3) is 0 Å². The molecule has 0 atom stereocenters. The number of amides is 1. The summed E-state index contributed by atoms with van der Waals surface area (Å²) in [5.74, 6) is 0.998. The number of hydrogen-bond donors (Lipinski definition) is 0. The highest BCUT2D eigenvalue weighted by Crippen LogP contribution is 2.33. The highest BCUT2D eigenvalue weighted by molar-refractivity contribution is 7.89. The molecule has 0 fully saturated rings. The normalized spacial score (nSPS) is 12.8. The molecular formula is C25H28N2O6S2. The van der Waals surface area contributed by atoms with E-state index in [4.69, 9.17) is 14.2 Å². The monoisotopic (exact) mass is 516 g/mol. The second kappa shape index (κ2) is 11.2. The highest BCUT2D eigenvalue weighted by Gasteiger charge is 2.29. The average molecular weight is 517 g/mol. The number of carbonyl (C=O) groups is 1. The number of sulfonamides is 1. The summed E-state index contributed by atoms with van der Waals surface area (Å²) in [6.45, 7) is 2.67. The van der Waals surface area contributed by atoms with Crippen LogP contribution in [0.2, 0.25) is 0 Å². The molecule has 35 heavy (non-hydrogen) atoms. The Morgan fingerprint density at radius 3 is 2.54 bits per heavy atom. The Morgan fingerprint density at radius 2 is 1.83 bits per heavy atom. The number of hydrogen-bond acceptors (Lipinski definition) is 7. The number of rotatable bonds is 11. The molecule has 0 radical (unpaired) electrons. The van der Waals surface area contributed by atoms with E-state index in [0.717, 1.165) is 16.0 Å². The Balaban J connectivity index is 1.57. The molecule has 0 spiro atoms. The van der Waals surface area contributed by atoms with E-state index in [9.17, 15) is 13.2 Å². The molecule has 4 rings (SSSR count). The predicted molar refractivity (Wildman–Crippen MR) is 133 cm³/mol. The molecule has 10 heteroatoms. The Hall–Kier alpha value is -2.92. The van der Waals surface area contributed by atoms with Gasteiger partial charge in [-0.3, -0.25) is 4.79 Å². The van der Waals surface area contributed by atoms with Gasteiger partial charge in [-0.05, 0) is 48.2 Å². The number of benzene rings is 2. The van der Waals surface area contributed by atoms with E-state index in [2.05, 4.69) is 0 Å². The molecule has 1 aliphatic heterocycles. The Labute approximate surface area is 209 Å². The molecule has 0 unspecified atom stereocenters. The summed E-state index contributed by atoms with van der Waals surface area (Å²) in [6, 6.07) is 16.0. The van der Waals surface area contributed by atoms with Gasteiger partial charge in [-0.2, -0.15) is 4.31 Å². The fraction of sp³-hybridized carbons (Fsp3) is 0.320. The Kier molecular flexibility index (Phi) is 8.07. The zero-order chi connectivity index (χ0) is 24.8. The van der Waals surface area contributed by atoms with Crippen LogP contribution in [0.1, 0.15) is 16.0 Å². The van der Waals surface area contributed by atoms with Gasteiger partial charge in [0, 0.05) is 25.1 Å². The van der Waals surface area contributed by atoms with Gasteiger partial charge in [-0.25, -0.2) is 8.42 Å². The van der Waals surface area contributed by atoms with E-state index in [1.807, 2.05) is 42.6 Å². The van der Waals surface area contributed by atoms with Gasteiger partial charge in [0.2, 0.25) is 22.7 Å². The maximum atomic E-state index is 13.5. The molecule has 3 aromatic rings. The average Bonchev–Trinajstić information content (AvgIpc) is 3.53. The fourth-order valence-corrected chi connectivity index (χ4v) is 5.76. The van der Waals surface area contributed by atoms with Crippen molar-refractivity contribution in [2.45, 2.75) is 24.9 Å². The third-order valence-corrected chi connectivity index (χ3v) is 8.33. The largest absolute Gasteiger partial charge is 0.454 e. The summed E-state index contributed by atoms with van der Waals surface area (Å²) in [5.41, 5.74) is 1.82. The zero-order valence-corrected chi connectivity index (χ0v) is 21.3. The maximum Gasteiger partial charge on any atom is 0.243 e. The molecule has 1 aromatic heterocycles. The SMILES string of the molecule is COCCN(CC(=O)N(Cc1ccc2c(c1)OCO2)Cc1cccs1)S(=O)(=O)c1ccc(C)cc1. The van der Waals surface area contributed by atoms with Crippen molar-refractivity contribution in [3.63, 3.8) is 0 Å². The number of aryl methyl sites for hydroxylation is 1. The van der Waals surface area contributed by atoms with Crippen molar-refractivity contribution in [1.29, 1.82) is 0 Å². The van der Waals surface area contributed by atoms with Crippen molar-refractivity contribution >= 4 is 27.3 Å². The minimum absolute atomic E-state index is 0.0648. The van der Waals surface area contributed by atoms with E-state index in [1.165, 1.54) is 11.4 Å². The number of ether oxygens (including phenoxy) is 3. The number of thiophene rings is 1. The molecule has 0 bridgehead atoms. The third-order valence-electron chi connectivity index (χ3n) is 5.61. The van der Waals surface area contributed by atoms with Gasteiger partial charge in [0.15, 0.2) is 11.5 Å². The molecule has 2 heterocycles. The topological polar surface area (TPSA) is 85.4 Å². The van der Waals surface area contributed by atoms with Gasteiger partial charge in [0.05, 0.1) is 24.6 Å². The van der Waals surface area contributed by atoms with Gasteiger partial charge in [0.1, 0.15) is 0 Å². The number of fused-ring (bicyclic) bond motifs is 1. The molecule has 186 valence electrons. The maximum absolute atomic E-state index is 13.5. The van der Waals surface area contributed by atoms with Crippen LogP contribution in [0.25, 0.3) is 0 Å². The highest BCUT2D eigenvalue weighted by atomic mass is 32.2. The molecule has 1 amide bonds. The standard InChI is InChI=1S/C25H28N2O6S2/c1-19-5-8-22(9-6-19)35(29,30)27(11-12-31-2)17-25(28)26(16-21-4-3-13-34-21)15-20-7-10-23-24(14-20)33-18-32-23/h3-10,13-14H,11-12,15-18H2,1-2H3. The molecule has 0 saturated heterocycles. The first-order valence-corrected chi connectivity index (χ1v) is 13.4. The van der Waals surface area contributed by atoms with Crippen LogP contribution in [0.15, 0.2) is 64.9 Å². The van der Waals surface area contributed by atoms with Crippen LogP contribution in [-0.2, 0) is 32.6 Å². The summed E-state index contributed by atoms with van der Waals surface area (Å²) in [6.07, 6.45) is 0. The van der Waals surface area contributed by atoms with Crippen molar-refractivity contribution in [2.75, 3.05) is 33.6 Å². The van der Waals surface area contributed by atoms with E-state index in [0.29, 0.717) is 24.6 Å². The molecule has 0 saturated carbocycles. The first-order valence-electron chi connectivity index (χ1n) is 11.1. The van der Waals surface area contributed by atoms with Crippen LogP contribution in [0.4, 0.5) is 0 Å². The van der Waals surface area contributed by atoms with E-state index in [-0.39, 0.29) is 37.3 Å². The van der Waals surface area contributed by atoms with Crippen LogP contribution in [-0.4, -0.2) is 57.1 Å². The lowest BCUT2D eigenvalue weighted by molar-refractivity contribution is -0.132. The third kappa shape index (κ3) is 6.21. The molecule has 2 aromatic carbocycles. The second-order valence-corrected chi connectivity index (χ2v) is 11.1. The Bertz CT molecular complexity index is 1240. The van der Waals surface area contributed by atoms with Crippen LogP contribution >= 0.6 is 11.3 Å². The van der Waals surface area contributed by atoms with Gasteiger partial charge in [-0.1, -0.05) is 29.8 Å². The summed E-state index contributed by atoms with van der Waals surface area (Å²) >= 11 is 1.55. The Morgan fingerprint density at radius 1 is 1.06 bits per heavy atom. The first-order chi connectivity index (χ1) is 16.9. The van der Waals surface area contributed by atoms with Crippen LogP contribution in [0.3, 0.4) is 0 Å². The van der Waals surface area contributed by atoms with Crippen molar-refractivity contribution in [3.8, 4) is 11.5 Å².